The van der Waals surface area contributed by atoms with Crippen molar-refractivity contribution in [1.82, 2.24) is 19.7 Å². The summed E-state index contributed by atoms with van der Waals surface area (Å²) in [7, 11) is 1.96. The number of aryl methyl sites for hydroxylation is 1. The zero-order valence-electron chi connectivity index (χ0n) is 14.8. The number of hydrogen-bond donors (Lipinski definition) is 1. The van der Waals surface area contributed by atoms with E-state index in [9.17, 15) is 4.79 Å². The molecule has 1 fully saturated rings. The Morgan fingerprint density at radius 1 is 1.36 bits per heavy atom. The van der Waals surface area contributed by atoms with E-state index in [0.717, 1.165) is 19.6 Å². The molecular formula is C18H25N5O2. The number of hydrogen-bond acceptors (Lipinski definition) is 5. The molecule has 0 radical (unpaired) electrons. The van der Waals surface area contributed by atoms with E-state index in [4.69, 9.17) is 10.5 Å². The lowest BCUT2D eigenvalue weighted by Gasteiger charge is -2.18. The van der Waals surface area contributed by atoms with Gasteiger partial charge in [-0.15, -0.1) is 0 Å². The summed E-state index contributed by atoms with van der Waals surface area (Å²) >= 11 is 0. The van der Waals surface area contributed by atoms with Gasteiger partial charge in [0.05, 0.1) is 12.8 Å². The van der Waals surface area contributed by atoms with E-state index < -0.39 is 5.91 Å². The van der Waals surface area contributed by atoms with E-state index in [2.05, 4.69) is 34.0 Å². The van der Waals surface area contributed by atoms with Gasteiger partial charge in [-0.3, -0.25) is 19.4 Å². The van der Waals surface area contributed by atoms with Crippen molar-refractivity contribution in [3.05, 3.63) is 47.5 Å². The summed E-state index contributed by atoms with van der Waals surface area (Å²) in [4.78, 5) is 17.5. The molecule has 0 bridgehead atoms. The van der Waals surface area contributed by atoms with E-state index in [1.54, 1.807) is 0 Å². The van der Waals surface area contributed by atoms with Gasteiger partial charge < -0.3 is 10.5 Å². The minimum absolute atomic E-state index is 0.0265. The van der Waals surface area contributed by atoms with Gasteiger partial charge in [0, 0.05) is 62.2 Å². The maximum Gasteiger partial charge on any atom is 0.243 e. The van der Waals surface area contributed by atoms with Crippen LogP contribution in [0.4, 0.5) is 0 Å². The number of pyridine rings is 1. The summed E-state index contributed by atoms with van der Waals surface area (Å²) < 4.78 is 7.43. The fraction of sp³-hybridized carbons (Fsp3) is 0.500. The van der Waals surface area contributed by atoms with Gasteiger partial charge in [0.1, 0.15) is 6.61 Å². The van der Waals surface area contributed by atoms with Crippen molar-refractivity contribution in [2.24, 2.45) is 18.7 Å². The number of carbonyl (C=O) groups is 1. The smallest absolute Gasteiger partial charge is 0.243 e. The standard InChI is InChI=1S/C18H25N5O2/c1-13-15(7-21-22(13)2)8-23-9-16(11-25-12-18(19)24)17(10-23)14-3-5-20-6-4-14/h3-7,16-17H,8-12H2,1-2H3,(H2,19,24)/t16-,17-/m0/s1. The lowest BCUT2D eigenvalue weighted by atomic mass is 9.90. The summed E-state index contributed by atoms with van der Waals surface area (Å²) in [5.74, 6) is 0.243. The zero-order chi connectivity index (χ0) is 17.8. The lowest BCUT2D eigenvalue weighted by Crippen LogP contribution is -2.24. The summed E-state index contributed by atoms with van der Waals surface area (Å²) in [6, 6.07) is 4.12. The average Bonchev–Trinajstić information content (AvgIpc) is 3.14. The quantitative estimate of drug-likeness (QED) is 0.805. The van der Waals surface area contributed by atoms with Crippen molar-refractivity contribution in [2.75, 3.05) is 26.3 Å². The van der Waals surface area contributed by atoms with Crippen LogP contribution in [0.1, 0.15) is 22.7 Å². The molecule has 0 saturated carbocycles. The highest BCUT2D eigenvalue weighted by atomic mass is 16.5. The number of amides is 1. The van der Waals surface area contributed by atoms with E-state index in [-0.39, 0.29) is 6.61 Å². The Morgan fingerprint density at radius 3 is 2.76 bits per heavy atom. The number of likely N-dealkylation sites (tertiary alicyclic amines) is 1. The molecule has 7 heteroatoms. The van der Waals surface area contributed by atoms with Crippen molar-refractivity contribution >= 4 is 5.91 Å². The first kappa shape index (κ1) is 17.6. The molecule has 1 aliphatic rings. The molecule has 2 N–H and O–H groups in total. The van der Waals surface area contributed by atoms with Gasteiger partial charge in [0.2, 0.25) is 5.91 Å². The van der Waals surface area contributed by atoms with Crippen LogP contribution in [0.25, 0.3) is 0 Å². The predicted molar refractivity (Wildman–Crippen MR) is 93.7 cm³/mol. The van der Waals surface area contributed by atoms with E-state index in [0.29, 0.717) is 18.4 Å². The van der Waals surface area contributed by atoms with Crippen LogP contribution in [-0.2, 0) is 23.1 Å². The number of carbonyl (C=O) groups excluding carboxylic acids is 1. The van der Waals surface area contributed by atoms with Crippen molar-refractivity contribution in [3.63, 3.8) is 0 Å². The van der Waals surface area contributed by atoms with Gasteiger partial charge in [-0.05, 0) is 24.6 Å². The molecule has 25 heavy (non-hydrogen) atoms. The summed E-state index contributed by atoms with van der Waals surface area (Å²) in [6.07, 6.45) is 5.59. The highest BCUT2D eigenvalue weighted by molar-refractivity contribution is 5.74. The molecule has 2 aromatic heterocycles. The van der Waals surface area contributed by atoms with E-state index >= 15 is 0 Å². The third-order valence-electron chi connectivity index (χ3n) is 4.96. The van der Waals surface area contributed by atoms with Gasteiger partial charge in [-0.25, -0.2) is 0 Å². The first-order chi connectivity index (χ1) is 12.0. The number of aromatic nitrogens is 3. The Morgan fingerprint density at radius 2 is 2.12 bits per heavy atom. The first-order valence-electron chi connectivity index (χ1n) is 8.50. The van der Waals surface area contributed by atoms with Crippen LogP contribution in [0.15, 0.2) is 30.7 Å². The highest BCUT2D eigenvalue weighted by Crippen LogP contribution is 2.33. The maximum atomic E-state index is 10.9. The number of nitrogens with zero attached hydrogens (tertiary/aromatic N) is 4. The Kier molecular flexibility index (Phi) is 5.45. The average molecular weight is 343 g/mol. The van der Waals surface area contributed by atoms with Gasteiger partial charge in [0.15, 0.2) is 0 Å². The maximum absolute atomic E-state index is 10.9. The topological polar surface area (TPSA) is 86.3 Å². The summed E-state index contributed by atoms with van der Waals surface area (Å²) in [5.41, 5.74) is 8.87. The van der Waals surface area contributed by atoms with Crippen molar-refractivity contribution in [1.29, 1.82) is 0 Å². The fourth-order valence-electron chi connectivity index (χ4n) is 3.50. The van der Waals surface area contributed by atoms with Gasteiger partial charge in [0.25, 0.3) is 0 Å². The molecule has 1 aliphatic heterocycles. The Balaban J connectivity index is 1.70. The Labute approximate surface area is 147 Å². The molecule has 7 nitrogen and oxygen atoms in total. The lowest BCUT2D eigenvalue weighted by molar-refractivity contribution is -0.122. The van der Waals surface area contributed by atoms with Crippen molar-refractivity contribution in [3.8, 4) is 0 Å². The van der Waals surface area contributed by atoms with Crippen LogP contribution < -0.4 is 5.73 Å². The third-order valence-corrected chi connectivity index (χ3v) is 4.96. The second kappa shape index (κ2) is 7.76. The summed E-state index contributed by atoms with van der Waals surface area (Å²) in [5, 5.41) is 4.33. The molecule has 0 unspecified atom stereocenters. The Bertz CT molecular complexity index is 716. The minimum atomic E-state index is -0.429. The molecule has 0 aliphatic carbocycles. The molecule has 134 valence electrons. The molecule has 2 atom stereocenters. The second-order valence-electron chi connectivity index (χ2n) is 6.70. The fourth-order valence-corrected chi connectivity index (χ4v) is 3.50. The van der Waals surface area contributed by atoms with Crippen LogP contribution in [0.2, 0.25) is 0 Å². The van der Waals surface area contributed by atoms with Crippen LogP contribution in [-0.4, -0.2) is 51.9 Å². The van der Waals surface area contributed by atoms with E-state index in [1.165, 1.54) is 16.8 Å². The summed E-state index contributed by atoms with van der Waals surface area (Å²) in [6.45, 7) is 5.32. The zero-order valence-corrected chi connectivity index (χ0v) is 14.8. The number of primary amides is 1. The number of rotatable bonds is 7. The SMILES string of the molecule is Cc1c(CN2C[C@@H](COCC(N)=O)[C@H](c3ccncc3)C2)cnn1C. The molecule has 0 aromatic carbocycles. The first-order valence-corrected chi connectivity index (χ1v) is 8.50. The molecule has 0 spiro atoms. The predicted octanol–water partition coefficient (Wildman–Crippen LogP) is 0.841. The van der Waals surface area contributed by atoms with Crippen LogP contribution in [0, 0.1) is 12.8 Å². The molecule has 1 saturated heterocycles. The van der Waals surface area contributed by atoms with Crippen LogP contribution in [0.5, 0.6) is 0 Å². The van der Waals surface area contributed by atoms with Gasteiger partial charge >= 0.3 is 0 Å². The number of nitrogens with two attached hydrogens (primary N) is 1. The van der Waals surface area contributed by atoms with Gasteiger partial charge in [-0.1, -0.05) is 0 Å². The highest BCUT2D eigenvalue weighted by Gasteiger charge is 2.34. The Hall–Kier alpha value is -2.25. The largest absolute Gasteiger partial charge is 0.371 e. The monoisotopic (exact) mass is 343 g/mol. The molecule has 3 rings (SSSR count). The van der Waals surface area contributed by atoms with Gasteiger partial charge in [-0.2, -0.15) is 5.10 Å². The van der Waals surface area contributed by atoms with Crippen LogP contribution in [0.3, 0.4) is 0 Å². The third kappa shape index (κ3) is 4.24. The molecule has 1 amide bonds. The minimum Gasteiger partial charge on any atom is -0.371 e. The van der Waals surface area contributed by atoms with E-state index in [1.807, 2.05) is 30.3 Å². The van der Waals surface area contributed by atoms with Crippen molar-refractivity contribution < 1.29 is 9.53 Å². The van der Waals surface area contributed by atoms with Crippen LogP contribution >= 0.6 is 0 Å². The molecular weight excluding hydrogens is 318 g/mol. The molecule has 3 heterocycles. The normalized spacial score (nSPS) is 20.9. The molecule has 2 aromatic rings. The van der Waals surface area contributed by atoms with Crippen molar-refractivity contribution in [2.45, 2.75) is 19.4 Å². The number of ether oxygens (including phenoxy) is 1. The second-order valence-corrected chi connectivity index (χ2v) is 6.70.